The average molecular weight is 511 g/mol. The normalized spacial score (nSPS) is 16.4. The SMILES string of the molecule is COC(C)=O.O=C(O)CN(CC1CCN(c2ncnc3scc(-c4ccccc4)c23)CC1)C1CCC1. The first-order valence-corrected chi connectivity index (χ1v) is 13.4. The highest BCUT2D eigenvalue weighted by Crippen LogP contribution is 2.39. The Morgan fingerprint density at radius 1 is 1.14 bits per heavy atom. The number of thiophene rings is 1. The molecule has 1 saturated heterocycles. The topological polar surface area (TPSA) is 95.9 Å². The molecule has 0 spiro atoms. The van der Waals surface area contributed by atoms with Crippen LogP contribution in [0, 0.1) is 5.92 Å². The molecule has 1 aromatic carbocycles. The van der Waals surface area contributed by atoms with Crippen molar-refractivity contribution in [1.29, 1.82) is 0 Å². The van der Waals surface area contributed by atoms with Crippen LogP contribution in [0.2, 0.25) is 0 Å². The van der Waals surface area contributed by atoms with Gasteiger partial charge in [0.25, 0.3) is 0 Å². The van der Waals surface area contributed by atoms with Crippen LogP contribution < -0.4 is 4.90 Å². The molecule has 192 valence electrons. The predicted octanol–water partition coefficient (Wildman–Crippen LogP) is 4.69. The highest BCUT2D eigenvalue weighted by atomic mass is 32.1. The number of nitrogens with zero attached hydrogens (tertiary/aromatic N) is 4. The van der Waals surface area contributed by atoms with Crippen molar-refractivity contribution in [3.05, 3.63) is 42.0 Å². The molecule has 2 fully saturated rings. The number of esters is 1. The highest BCUT2D eigenvalue weighted by Gasteiger charge is 2.30. The molecule has 1 aliphatic heterocycles. The Morgan fingerprint density at radius 3 is 2.42 bits per heavy atom. The largest absolute Gasteiger partial charge is 0.480 e. The minimum atomic E-state index is -0.710. The van der Waals surface area contributed by atoms with Gasteiger partial charge in [-0.1, -0.05) is 36.8 Å². The van der Waals surface area contributed by atoms with Gasteiger partial charge < -0.3 is 14.7 Å². The number of rotatable bonds is 7. The fraction of sp³-hybridized carbons (Fsp3) is 0.481. The van der Waals surface area contributed by atoms with Crippen molar-refractivity contribution in [2.24, 2.45) is 5.92 Å². The highest BCUT2D eigenvalue weighted by molar-refractivity contribution is 7.17. The Bertz CT molecular complexity index is 1160. The van der Waals surface area contributed by atoms with Crippen LogP contribution in [0.4, 0.5) is 5.82 Å². The van der Waals surface area contributed by atoms with Crippen molar-refractivity contribution in [2.75, 3.05) is 38.2 Å². The Balaban J connectivity index is 0.000000556. The molecule has 36 heavy (non-hydrogen) atoms. The number of methoxy groups -OCH3 is 1. The summed E-state index contributed by atoms with van der Waals surface area (Å²) in [5.74, 6) is 0.623. The number of carboxylic acid groups (broad SMARTS) is 1. The van der Waals surface area contributed by atoms with Gasteiger partial charge in [0.1, 0.15) is 17.0 Å². The first-order chi connectivity index (χ1) is 17.5. The van der Waals surface area contributed by atoms with Gasteiger partial charge in [-0.3, -0.25) is 14.5 Å². The molecular weight excluding hydrogens is 476 g/mol. The van der Waals surface area contributed by atoms with Crippen LogP contribution in [0.1, 0.15) is 39.0 Å². The number of fused-ring (bicyclic) bond motifs is 1. The van der Waals surface area contributed by atoms with Gasteiger partial charge in [0.15, 0.2) is 0 Å². The van der Waals surface area contributed by atoms with Crippen molar-refractivity contribution in [2.45, 2.75) is 45.1 Å². The number of anilines is 1. The summed E-state index contributed by atoms with van der Waals surface area (Å²) in [5, 5.41) is 12.6. The van der Waals surface area contributed by atoms with Crippen LogP contribution in [0.15, 0.2) is 42.0 Å². The van der Waals surface area contributed by atoms with Gasteiger partial charge in [-0.15, -0.1) is 11.3 Å². The molecule has 0 atom stereocenters. The lowest BCUT2D eigenvalue weighted by atomic mass is 9.89. The molecule has 3 aromatic rings. The van der Waals surface area contributed by atoms with Crippen LogP contribution in [-0.4, -0.2) is 71.2 Å². The van der Waals surface area contributed by atoms with Gasteiger partial charge in [0.2, 0.25) is 0 Å². The summed E-state index contributed by atoms with van der Waals surface area (Å²) in [6.45, 7) is 4.34. The van der Waals surface area contributed by atoms with Gasteiger partial charge in [-0.05, 0) is 37.2 Å². The minimum Gasteiger partial charge on any atom is -0.480 e. The van der Waals surface area contributed by atoms with Crippen LogP contribution in [0.3, 0.4) is 0 Å². The number of carboxylic acids is 1. The molecule has 1 N–H and O–H groups in total. The van der Waals surface area contributed by atoms with E-state index in [0.717, 1.165) is 61.4 Å². The number of hydrogen-bond donors (Lipinski definition) is 1. The third-order valence-corrected chi connectivity index (χ3v) is 7.95. The van der Waals surface area contributed by atoms with E-state index >= 15 is 0 Å². The number of ether oxygens (including phenoxy) is 1. The zero-order valence-corrected chi connectivity index (χ0v) is 21.7. The maximum absolute atomic E-state index is 11.3. The van der Waals surface area contributed by atoms with E-state index in [2.05, 4.69) is 49.2 Å². The van der Waals surface area contributed by atoms with E-state index in [0.29, 0.717) is 12.0 Å². The maximum Gasteiger partial charge on any atom is 0.317 e. The van der Waals surface area contributed by atoms with Crippen LogP contribution >= 0.6 is 11.3 Å². The van der Waals surface area contributed by atoms with Gasteiger partial charge in [-0.25, -0.2) is 9.97 Å². The summed E-state index contributed by atoms with van der Waals surface area (Å²) in [6, 6.07) is 10.9. The van der Waals surface area contributed by atoms with Crippen molar-refractivity contribution in [1.82, 2.24) is 14.9 Å². The van der Waals surface area contributed by atoms with Crippen LogP contribution in [0.5, 0.6) is 0 Å². The van der Waals surface area contributed by atoms with Crippen LogP contribution in [-0.2, 0) is 14.3 Å². The van der Waals surface area contributed by atoms with Crippen molar-refractivity contribution in [3.63, 3.8) is 0 Å². The van der Waals surface area contributed by atoms with Crippen molar-refractivity contribution in [3.8, 4) is 11.1 Å². The summed E-state index contributed by atoms with van der Waals surface area (Å²) < 4.78 is 4.11. The zero-order valence-electron chi connectivity index (χ0n) is 20.9. The molecule has 5 rings (SSSR count). The summed E-state index contributed by atoms with van der Waals surface area (Å²) >= 11 is 1.67. The number of benzene rings is 1. The quantitative estimate of drug-likeness (QED) is 0.457. The van der Waals surface area contributed by atoms with Crippen molar-refractivity contribution < 1.29 is 19.4 Å². The number of piperidine rings is 1. The Kier molecular flexibility index (Phi) is 8.88. The van der Waals surface area contributed by atoms with Gasteiger partial charge in [-0.2, -0.15) is 0 Å². The first kappa shape index (κ1) is 26.0. The summed E-state index contributed by atoms with van der Waals surface area (Å²) in [6.07, 6.45) is 7.34. The lowest BCUT2D eigenvalue weighted by Gasteiger charge is -2.41. The second-order valence-corrected chi connectivity index (χ2v) is 10.3. The monoisotopic (exact) mass is 510 g/mol. The molecule has 0 unspecified atom stereocenters. The molecule has 9 heteroatoms. The third-order valence-electron chi connectivity index (χ3n) is 7.06. The molecular formula is C27H34N4O4S. The van der Waals surface area contributed by atoms with E-state index < -0.39 is 5.97 Å². The molecule has 2 aromatic heterocycles. The standard InChI is InChI=1S/C24H28N4O2S.C3H6O2/c29-21(30)14-28(19-7-4-8-19)13-17-9-11-27(12-10-17)23-22-20(18-5-2-1-3-6-18)15-31-24(22)26-16-25-23;1-3(4)5-2/h1-3,5-6,15-17,19H,4,7-14H2,(H,29,30);1-2H3. The number of carbonyl (C=O) groups is 2. The second kappa shape index (κ2) is 12.3. The van der Waals surface area contributed by atoms with Gasteiger partial charge >= 0.3 is 11.9 Å². The molecule has 1 aliphatic carbocycles. The molecule has 2 aliphatic rings. The van der Waals surface area contributed by atoms with E-state index in [1.807, 2.05) is 6.07 Å². The fourth-order valence-corrected chi connectivity index (χ4v) is 5.77. The molecule has 1 saturated carbocycles. The Morgan fingerprint density at radius 2 is 1.83 bits per heavy atom. The van der Waals surface area contributed by atoms with Gasteiger partial charge in [0.05, 0.1) is 19.0 Å². The number of carbonyl (C=O) groups excluding carboxylic acids is 1. The molecule has 0 radical (unpaired) electrons. The van der Waals surface area contributed by atoms with E-state index in [-0.39, 0.29) is 12.5 Å². The Hall–Kier alpha value is -3.04. The van der Waals surface area contributed by atoms with Crippen molar-refractivity contribution >= 4 is 39.3 Å². The fourth-order valence-electron chi connectivity index (χ4n) is 4.86. The lowest BCUT2D eigenvalue weighted by Crippen LogP contribution is -2.47. The van der Waals surface area contributed by atoms with Gasteiger partial charge in [0, 0.05) is 43.5 Å². The number of aliphatic carboxylic acids is 1. The van der Waals surface area contributed by atoms with Crippen LogP contribution in [0.25, 0.3) is 21.3 Å². The van der Waals surface area contributed by atoms with E-state index in [9.17, 15) is 14.7 Å². The first-order valence-electron chi connectivity index (χ1n) is 12.5. The second-order valence-electron chi connectivity index (χ2n) is 9.43. The summed E-state index contributed by atoms with van der Waals surface area (Å²) in [7, 11) is 1.35. The molecule has 8 nitrogen and oxygen atoms in total. The molecule has 3 heterocycles. The predicted molar refractivity (Wildman–Crippen MR) is 142 cm³/mol. The zero-order chi connectivity index (χ0) is 25.5. The van der Waals surface area contributed by atoms with E-state index in [1.54, 1.807) is 17.7 Å². The number of aromatic nitrogens is 2. The third kappa shape index (κ3) is 6.39. The minimum absolute atomic E-state index is 0.173. The summed E-state index contributed by atoms with van der Waals surface area (Å²) in [4.78, 5) is 35.8. The van der Waals surface area contributed by atoms with E-state index in [4.69, 9.17) is 4.98 Å². The number of hydrogen-bond acceptors (Lipinski definition) is 8. The lowest BCUT2D eigenvalue weighted by molar-refractivity contribution is -0.140. The van der Waals surface area contributed by atoms with E-state index in [1.165, 1.54) is 31.6 Å². The Labute approximate surface area is 215 Å². The average Bonchev–Trinajstić information content (AvgIpc) is 3.28. The molecule has 0 bridgehead atoms. The molecule has 0 amide bonds. The maximum atomic E-state index is 11.3. The summed E-state index contributed by atoms with van der Waals surface area (Å²) in [5.41, 5.74) is 2.40. The smallest absolute Gasteiger partial charge is 0.317 e.